The predicted octanol–water partition coefficient (Wildman–Crippen LogP) is 1.94. The summed E-state index contributed by atoms with van der Waals surface area (Å²) in [6.07, 6.45) is 0. The highest BCUT2D eigenvalue weighted by Gasteiger charge is 2.06. The van der Waals surface area contributed by atoms with Gasteiger partial charge < -0.3 is 14.8 Å². The van der Waals surface area contributed by atoms with Gasteiger partial charge in [-0.2, -0.15) is 5.26 Å². The third-order valence-electron chi connectivity index (χ3n) is 2.61. The van der Waals surface area contributed by atoms with Crippen LogP contribution in [-0.4, -0.2) is 26.9 Å². The zero-order chi connectivity index (χ0) is 13.4. The van der Waals surface area contributed by atoms with Crippen molar-refractivity contribution in [2.45, 2.75) is 20.4 Å². The van der Waals surface area contributed by atoms with Gasteiger partial charge in [-0.15, -0.1) is 0 Å². The number of methoxy groups -OCH3 is 1. The molecular formula is C14H20N2O2. The fraction of sp³-hybridized carbons (Fsp3) is 0.500. The molecule has 98 valence electrons. The minimum absolute atomic E-state index is 0.0904. The van der Waals surface area contributed by atoms with E-state index < -0.39 is 0 Å². The van der Waals surface area contributed by atoms with Gasteiger partial charge in [0.2, 0.25) is 0 Å². The van der Waals surface area contributed by atoms with E-state index in [-0.39, 0.29) is 6.61 Å². The Hall–Kier alpha value is -1.57. The topological polar surface area (TPSA) is 54.3 Å². The minimum atomic E-state index is 0.0904. The highest BCUT2D eigenvalue weighted by atomic mass is 16.5. The number of nitrogens with zero attached hydrogens (tertiary/aromatic N) is 1. The second kappa shape index (κ2) is 7.70. The summed E-state index contributed by atoms with van der Waals surface area (Å²) in [5.41, 5.74) is 3.34. The van der Waals surface area contributed by atoms with Crippen molar-refractivity contribution < 1.29 is 9.47 Å². The molecule has 0 fully saturated rings. The second-order valence-electron chi connectivity index (χ2n) is 4.18. The van der Waals surface area contributed by atoms with Crippen molar-refractivity contribution >= 4 is 0 Å². The van der Waals surface area contributed by atoms with Crippen LogP contribution in [0.4, 0.5) is 0 Å². The molecule has 0 amide bonds. The van der Waals surface area contributed by atoms with E-state index in [9.17, 15) is 0 Å². The van der Waals surface area contributed by atoms with Crippen LogP contribution in [0.15, 0.2) is 12.1 Å². The molecule has 1 rings (SSSR count). The van der Waals surface area contributed by atoms with Gasteiger partial charge in [0, 0.05) is 20.2 Å². The standard InChI is InChI=1S/C14H20N2O2/c1-11-8-13(10-16-5-7-17-3)9-12(2)14(11)18-6-4-15/h8-9,16H,5-7,10H2,1-3H3. The molecule has 0 bridgehead atoms. The Balaban J connectivity index is 2.64. The van der Waals surface area contributed by atoms with Gasteiger partial charge >= 0.3 is 0 Å². The van der Waals surface area contributed by atoms with Crippen LogP contribution in [0, 0.1) is 25.2 Å². The Labute approximate surface area is 109 Å². The Morgan fingerprint density at radius 3 is 2.50 bits per heavy atom. The van der Waals surface area contributed by atoms with Crippen LogP contribution >= 0.6 is 0 Å². The lowest BCUT2D eigenvalue weighted by Gasteiger charge is -2.12. The van der Waals surface area contributed by atoms with Crippen LogP contribution in [0.3, 0.4) is 0 Å². The van der Waals surface area contributed by atoms with Crippen molar-refractivity contribution in [3.63, 3.8) is 0 Å². The molecule has 4 heteroatoms. The summed E-state index contributed by atoms with van der Waals surface area (Å²) in [5, 5.41) is 11.8. The fourth-order valence-corrected chi connectivity index (χ4v) is 1.88. The van der Waals surface area contributed by atoms with Crippen LogP contribution < -0.4 is 10.1 Å². The molecule has 0 unspecified atom stereocenters. The first-order valence-electron chi connectivity index (χ1n) is 5.98. The Bertz CT molecular complexity index is 401. The molecule has 0 saturated heterocycles. The molecule has 4 nitrogen and oxygen atoms in total. The monoisotopic (exact) mass is 248 g/mol. The number of nitriles is 1. The van der Waals surface area contributed by atoms with E-state index in [1.165, 1.54) is 5.56 Å². The summed E-state index contributed by atoms with van der Waals surface area (Å²) in [7, 11) is 1.69. The number of aryl methyl sites for hydroxylation is 2. The highest BCUT2D eigenvalue weighted by Crippen LogP contribution is 2.24. The normalized spacial score (nSPS) is 10.1. The van der Waals surface area contributed by atoms with Gasteiger partial charge in [0.05, 0.1) is 6.61 Å². The lowest BCUT2D eigenvalue weighted by atomic mass is 10.1. The Kier molecular flexibility index (Phi) is 6.20. The van der Waals surface area contributed by atoms with Gasteiger partial charge in [-0.05, 0) is 30.5 Å². The van der Waals surface area contributed by atoms with Crippen molar-refractivity contribution in [1.29, 1.82) is 5.26 Å². The first-order chi connectivity index (χ1) is 8.69. The summed E-state index contributed by atoms with van der Waals surface area (Å²) in [6, 6.07) is 6.15. The molecule has 0 saturated carbocycles. The van der Waals surface area contributed by atoms with Crippen LogP contribution in [0.2, 0.25) is 0 Å². The summed E-state index contributed by atoms with van der Waals surface area (Å²) >= 11 is 0. The van der Waals surface area contributed by atoms with Gasteiger partial charge in [-0.1, -0.05) is 12.1 Å². The lowest BCUT2D eigenvalue weighted by Crippen LogP contribution is -2.18. The number of ether oxygens (including phenoxy) is 2. The molecule has 0 aliphatic carbocycles. The van der Waals surface area contributed by atoms with Crippen molar-refractivity contribution in [3.8, 4) is 11.8 Å². The maximum Gasteiger partial charge on any atom is 0.174 e. The van der Waals surface area contributed by atoms with Gasteiger partial charge in [-0.3, -0.25) is 0 Å². The van der Waals surface area contributed by atoms with Crippen LogP contribution in [0.5, 0.6) is 5.75 Å². The van der Waals surface area contributed by atoms with Crippen LogP contribution in [0.25, 0.3) is 0 Å². The number of rotatable bonds is 7. The molecule has 0 atom stereocenters. The van der Waals surface area contributed by atoms with E-state index in [1.807, 2.05) is 19.9 Å². The molecule has 0 aromatic heterocycles. The Morgan fingerprint density at radius 1 is 1.28 bits per heavy atom. The van der Waals surface area contributed by atoms with E-state index in [0.29, 0.717) is 6.61 Å². The van der Waals surface area contributed by atoms with Crippen LogP contribution in [0.1, 0.15) is 16.7 Å². The molecule has 0 aliphatic rings. The van der Waals surface area contributed by atoms with E-state index in [0.717, 1.165) is 30.0 Å². The molecule has 0 aliphatic heterocycles. The van der Waals surface area contributed by atoms with Gasteiger partial charge in [0.15, 0.2) is 6.61 Å². The maximum atomic E-state index is 8.53. The van der Waals surface area contributed by atoms with Gasteiger partial charge in [0.1, 0.15) is 11.8 Å². The minimum Gasteiger partial charge on any atom is -0.478 e. The largest absolute Gasteiger partial charge is 0.478 e. The first kappa shape index (κ1) is 14.5. The molecule has 18 heavy (non-hydrogen) atoms. The molecule has 1 aromatic carbocycles. The SMILES string of the molecule is COCCNCc1cc(C)c(OCC#N)c(C)c1. The van der Waals surface area contributed by atoms with Crippen molar-refractivity contribution in [2.24, 2.45) is 0 Å². The quantitative estimate of drug-likeness (QED) is 0.749. The van der Waals surface area contributed by atoms with Gasteiger partial charge in [-0.25, -0.2) is 0 Å². The molecule has 0 spiro atoms. The highest BCUT2D eigenvalue weighted by molar-refractivity contribution is 5.43. The second-order valence-corrected chi connectivity index (χ2v) is 4.18. The average molecular weight is 248 g/mol. The van der Waals surface area contributed by atoms with Crippen LogP contribution in [-0.2, 0) is 11.3 Å². The summed E-state index contributed by atoms with van der Waals surface area (Å²) in [6.45, 7) is 6.44. The number of benzene rings is 1. The van der Waals surface area contributed by atoms with E-state index in [1.54, 1.807) is 7.11 Å². The van der Waals surface area contributed by atoms with Crippen molar-refractivity contribution in [3.05, 3.63) is 28.8 Å². The number of nitrogens with one attached hydrogen (secondary N) is 1. The maximum absolute atomic E-state index is 8.53. The molecular weight excluding hydrogens is 228 g/mol. The predicted molar refractivity (Wildman–Crippen MR) is 70.6 cm³/mol. The number of hydrogen-bond acceptors (Lipinski definition) is 4. The van der Waals surface area contributed by atoms with E-state index in [2.05, 4.69) is 17.4 Å². The van der Waals surface area contributed by atoms with Gasteiger partial charge in [0.25, 0.3) is 0 Å². The molecule has 1 aromatic rings. The average Bonchev–Trinajstić information content (AvgIpc) is 2.34. The lowest BCUT2D eigenvalue weighted by molar-refractivity contribution is 0.199. The number of hydrogen-bond donors (Lipinski definition) is 1. The molecule has 1 N–H and O–H groups in total. The molecule has 0 radical (unpaired) electrons. The zero-order valence-electron chi connectivity index (χ0n) is 11.2. The zero-order valence-corrected chi connectivity index (χ0v) is 11.2. The smallest absolute Gasteiger partial charge is 0.174 e. The summed E-state index contributed by atoms with van der Waals surface area (Å²) in [5.74, 6) is 0.817. The van der Waals surface area contributed by atoms with Crippen molar-refractivity contribution in [2.75, 3.05) is 26.9 Å². The van der Waals surface area contributed by atoms with Crippen molar-refractivity contribution in [1.82, 2.24) is 5.32 Å². The first-order valence-corrected chi connectivity index (χ1v) is 5.98. The Morgan fingerprint density at radius 2 is 1.94 bits per heavy atom. The third-order valence-corrected chi connectivity index (χ3v) is 2.61. The van der Waals surface area contributed by atoms with E-state index >= 15 is 0 Å². The fourth-order valence-electron chi connectivity index (χ4n) is 1.88. The summed E-state index contributed by atoms with van der Waals surface area (Å²) < 4.78 is 10.4. The molecule has 0 heterocycles. The third kappa shape index (κ3) is 4.36. The summed E-state index contributed by atoms with van der Waals surface area (Å²) in [4.78, 5) is 0. The van der Waals surface area contributed by atoms with E-state index in [4.69, 9.17) is 14.7 Å².